The molecule has 0 radical (unpaired) electrons. The molecule has 10 heteroatoms. The summed E-state index contributed by atoms with van der Waals surface area (Å²) in [4.78, 5) is 32.2. The molecular formula is C20H21F3N4O3. The zero-order chi connectivity index (χ0) is 21.9. The Kier molecular flexibility index (Phi) is 6.25. The predicted molar refractivity (Wildman–Crippen MR) is 104 cm³/mol. The van der Waals surface area contributed by atoms with E-state index in [0.717, 1.165) is 5.56 Å². The number of aryl methyl sites for hydroxylation is 1. The van der Waals surface area contributed by atoms with Gasteiger partial charge in [-0.15, -0.1) is 13.2 Å². The molecule has 2 amide bonds. The molecule has 3 rings (SSSR count). The van der Waals surface area contributed by atoms with Crippen LogP contribution in [0.3, 0.4) is 0 Å². The van der Waals surface area contributed by atoms with Crippen LogP contribution >= 0.6 is 0 Å². The van der Waals surface area contributed by atoms with Crippen LogP contribution in [0.1, 0.15) is 12.0 Å². The molecule has 1 N–H and O–H groups in total. The molecule has 2 heterocycles. The number of likely N-dealkylation sites (N-methyl/N-ethyl adjacent to an activating group) is 1. The zero-order valence-corrected chi connectivity index (χ0v) is 16.4. The Hall–Kier alpha value is -3.14. The summed E-state index contributed by atoms with van der Waals surface area (Å²) in [5.41, 5.74) is 1.28. The van der Waals surface area contributed by atoms with Crippen LogP contribution in [-0.2, 0) is 9.59 Å². The molecule has 1 unspecified atom stereocenters. The van der Waals surface area contributed by atoms with E-state index in [4.69, 9.17) is 0 Å². The smallest absolute Gasteiger partial charge is 0.406 e. The van der Waals surface area contributed by atoms with Crippen LogP contribution in [0.15, 0.2) is 42.6 Å². The van der Waals surface area contributed by atoms with E-state index < -0.39 is 18.2 Å². The van der Waals surface area contributed by atoms with Gasteiger partial charge in [-0.2, -0.15) is 0 Å². The molecular weight excluding hydrogens is 401 g/mol. The number of anilines is 2. The third-order valence-electron chi connectivity index (χ3n) is 4.64. The normalized spacial score (nSPS) is 16.8. The molecule has 0 bridgehead atoms. The Morgan fingerprint density at radius 3 is 2.77 bits per heavy atom. The highest BCUT2D eigenvalue weighted by molar-refractivity contribution is 6.00. The summed E-state index contributed by atoms with van der Waals surface area (Å²) in [6.07, 6.45) is -2.74. The first kappa shape index (κ1) is 21.6. The molecule has 0 saturated carbocycles. The first-order valence-corrected chi connectivity index (χ1v) is 9.22. The lowest BCUT2D eigenvalue weighted by Crippen LogP contribution is -2.43. The van der Waals surface area contributed by atoms with Crippen LogP contribution in [0, 0.1) is 6.92 Å². The number of carbonyl (C=O) groups excluding carboxylic acids is 2. The van der Waals surface area contributed by atoms with Gasteiger partial charge in [0.05, 0.1) is 12.6 Å². The lowest BCUT2D eigenvalue weighted by Gasteiger charge is -2.23. The Labute approximate surface area is 171 Å². The number of hydrogen-bond acceptors (Lipinski definition) is 5. The minimum absolute atomic E-state index is 0.0307. The maximum atomic E-state index is 12.8. The second-order valence-corrected chi connectivity index (χ2v) is 7.02. The number of nitrogens with one attached hydrogen (secondary N) is 1. The fourth-order valence-electron chi connectivity index (χ4n) is 3.24. The minimum atomic E-state index is -4.81. The van der Waals surface area contributed by atoms with Gasteiger partial charge < -0.3 is 15.0 Å². The molecule has 0 aliphatic carbocycles. The van der Waals surface area contributed by atoms with Gasteiger partial charge >= 0.3 is 6.36 Å². The number of ether oxygens (including phenoxy) is 1. The van der Waals surface area contributed by atoms with Gasteiger partial charge in [-0.3, -0.25) is 14.5 Å². The van der Waals surface area contributed by atoms with Crippen molar-refractivity contribution in [1.29, 1.82) is 0 Å². The van der Waals surface area contributed by atoms with E-state index in [-0.39, 0.29) is 18.4 Å². The van der Waals surface area contributed by atoms with Crippen LogP contribution in [0.5, 0.6) is 5.75 Å². The van der Waals surface area contributed by atoms with Gasteiger partial charge in [0.25, 0.3) is 0 Å². The number of nitrogens with zero attached hydrogens (tertiary/aromatic N) is 3. The fourth-order valence-corrected chi connectivity index (χ4v) is 3.24. The number of pyridine rings is 1. The number of carbonyl (C=O) groups is 2. The Morgan fingerprint density at radius 2 is 2.10 bits per heavy atom. The van der Waals surface area contributed by atoms with E-state index in [9.17, 15) is 22.8 Å². The maximum Gasteiger partial charge on any atom is 0.573 e. The molecule has 7 nitrogen and oxygen atoms in total. The van der Waals surface area contributed by atoms with Gasteiger partial charge in [0.1, 0.15) is 11.6 Å². The van der Waals surface area contributed by atoms with Crippen molar-refractivity contribution in [1.82, 2.24) is 9.88 Å². The zero-order valence-electron chi connectivity index (χ0n) is 16.4. The van der Waals surface area contributed by atoms with E-state index in [1.165, 1.54) is 23.1 Å². The Morgan fingerprint density at radius 1 is 1.33 bits per heavy atom. The quantitative estimate of drug-likeness (QED) is 0.775. The molecule has 1 aromatic carbocycles. The number of amides is 2. The number of aromatic nitrogens is 1. The standard InChI is InChI=1S/C20H21F3N4O3/c1-13-6-7-17(24-11-13)25-18(28)12-26(2)16-8-9-27(19(16)29)14-4-3-5-15(10-14)30-20(21,22)23/h3-7,10-11,16H,8-9,12H2,1-2H3,(H,24,25,28). The van der Waals surface area contributed by atoms with Gasteiger partial charge in [-0.25, -0.2) is 4.98 Å². The van der Waals surface area contributed by atoms with E-state index in [1.807, 2.05) is 13.0 Å². The Balaban J connectivity index is 1.61. The summed E-state index contributed by atoms with van der Waals surface area (Å²) >= 11 is 0. The van der Waals surface area contributed by atoms with Crippen LogP contribution in [0.4, 0.5) is 24.7 Å². The summed E-state index contributed by atoms with van der Waals surface area (Å²) in [5.74, 6) is -0.585. The van der Waals surface area contributed by atoms with E-state index >= 15 is 0 Å². The summed E-state index contributed by atoms with van der Waals surface area (Å²) in [7, 11) is 1.65. The molecule has 1 fully saturated rings. The lowest BCUT2D eigenvalue weighted by molar-refractivity contribution is -0.274. The molecule has 1 aliphatic heterocycles. The van der Waals surface area contributed by atoms with Crippen molar-refractivity contribution in [3.63, 3.8) is 0 Å². The second kappa shape index (κ2) is 8.70. The van der Waals surface area contributed by atoms with Crippen molar-refractivity contribution in [3.05, 3.63) is 48.2 Å². The second-order valence-electron chi connectivity index (χ2n) is 7.02. The van der Waals surface area contributed by atoms with Gasteiger partial charge in [0, 0.05) is 24.5 Å². The highest BCUT2D eigenvalue weighted by atomic mass is 19.4. The summed E-state index contributed by atoms with van der Waals surface area (Å²) in [5, 5.41) is 2.67. The molecule has 1 aliphatic rings. The van der Waals surface area contributed by atoms with Crippen molar-refractivity contribution in [3.8, 4) is 5.75 Å². The van der Waals surface area contributed by atoms with E-state index in [1.54, 1.807) is 30.3 Å². The number of rotatable bonds is 6. The Bertz CT molecular complexity index is 918. The summed E-state index contributed by atoms with van der Waals surface area (Å²) in [6.45, 7) is 2.18. The van der Waals surface area contributed by atoms with E-state index in [0.29, 0.717) is 24.5 Å². The first-order valence-electron chi connectivity index (χ1n) is 9.22. The number of halogens is 3. The molecule has 1 aromatic heterocycles. The third-order valence-corrected chi connectivity index (χ3v) is 4.64. The maximum absolute atomic E-state index is 12.8. The van der Waals surface area contributed by atoms with Gasteiger partial charge in [0.15, 0.2) is 0 Å². The SMILES string of the molecule is Cc1ccc(NC(=O)CN(C)C2CCN(c3cccc(OC(F)(F)F)c3)C2=O)nc1. The van der Waals surface area contributed by atoms with E-state index in [2.05, 4.69) is 15.0 Å². The monoisotopic (exact) mass is 422 g/mol. The average molecular weight is 422 g/mol. The molecule has 1 atom stereocenters. The van der Waals surface area contributed by atoms with Crippen LogP contribution in [0.2, 0.25) is 0 Å². The van der Waals surface area contributed by atoms with Crippen LogP contribution < -0.4 is 15.0 Å². The molecule has 160 valence electrons. The molecule has 30 heavy (non-hydrogen) atoms. The van der Waals surface area contributed by atoms with Gasteiger partial charge in [0.2, 0.25) is 11.8 Å². The first-order chi connectivity index (χ1) is 14.1. The predicted octanol–water partition coefficient (Wildman–Crippen LogP) is 2.96. The minimum Gasteiger partial charge on any atom is -0.406 e. The topological polar surface area (TPSA) is 74.8 Å². The molecule has 0 spiro atoms. The van der Waals surface area contributed by atoms with Crippen molar-refractivity contribution >= 4 is 23.3 Å². The van der Waals surface area contributed by atoms with Crippen molar-refractivity contribution in [2.24, 2.45) is 0 Å². The third kappa shape index (κ3) is 5.47. The highest BCUT2D eigenvalue weighted by Crippen LogP contribution is 2.29. The largest absolute Gasteiger partial charge is 0.573 e. The number of hydrogen-bond donors (Lipinski definition) is 1. The number of alkyl halides is 3. The molecule has 2 aromatic rings. The van der Waals surface area contributed by atoms with Gasteiger partial charge in [-0.1, -0.05) is 12.1 Å². The number of benzene rings is 1. The van der Waals surface area contributed by atoms with Crippen molar-refractivity contribution in [2.75, 3.05) is 30.4 Å². The highest BCUT2D eigenvalue weighted by Gasteiger charge is 2.36. The van der Waals surface area contributed by atoms with Crippen LogP contribution in [-0.4, -0.2) is 54.2 Å². The van der Waals surface area contributed by atoms with Crippen molar-refractivity contribution in [2.45, 2.75) is 25.7 Å². The summed E-state index contributed by atoms with van der Waals surface area (Å²) < 4.78 is 41.2. The lowest BCUT2D eigenvalue weighted by atomic mass is 10.2. The van der Waals surface area contributed by atoms with Crippen molar-refractivity contribution < 1.29 is 27.5 Å². The fraction of sp³-hybridized carbons (Fsp3) is 0.350. The molecule has 1 saturated heterocycles. The summed E-state index contributed by atoms with van der Waals surface area (Å²) in [6, 6.07) is 8.22. The van der Waals surface area contributed by atoms with Gasteiger partial charge in [-0.05, 0) is 44.2 Å². The average Bonchev–Trinajstić information content (AvgIpc) is 3.04. The van der Waals surface area contributed by atoms with Crippen LogP contribution in [0.25, 0.3) is 0 Å².